The molecule has 0 aromatic heterocycles. The van der Waals surface area contributed by atoms with Crippen molar-refractivity contribution in [1.82, 2.24) is 8.61 Å². The highest BCUT2D eigenvalue weighted by molar-refractivity contribution is 7.86. The van der Waals surface area contributed by atoms with E-state index < -0.39 is 10.2 Å². The van der Waals surface area contributed by atoms with Crippen LogP contribution in [-0.2, 0) is 16.8 Å². The molecule has 0 spiro atoms. The molecule has 0 saturated carbocycles. The summed E-state index contributed by atoms with van der Waals surface area (Å²) in [7, 11) is -3.32. The van der Waals surface area contributed by atoms with Gasteiger partial charge >= 0.3 is 0 Å². The average Bonchev–Trinajstić information content (AvgIpc) is 2.49. The van der Waals surface area contributed by atoms with Gasteiger partial charge in [0, 0.05) is 26.2 Å². The van der Waals surface area contributed by atoms with Crippen molar-refractivity contribution in [1.29, 1.82) is 0 Å². The second kappa shape index (κ2) is 7.20. The first-order chi connectivity index (χ1) is 9.64. The van der Waals surface area contributed by atoms with Gasteiger partial charge in [0.05, 0.1) is 0 Å². The molecule has 4 nitrogen and oxygen atoms in total. The quantitative estimate of drug-likeness (QED) is 0.809. The van der Waals surface area contributed by atoms with Gasteiger partial charge in [-0.2, -0.15) is 17.0 Å². The SMILES string of the molecule is CCCN(Cc1ccccc1)S(=O)(=O)N1CCCCC1. The molecule has 0 atom stereocenters. The largest absolute Gasteiger partial charge is 0.282 e. The van der Waals surface area contributed by atoms with Crippen LogP contribution in [0.4, 0.5) is 0 Å². The molecule has 1 heterocycles. The Balaban J connectivity index is 2.14. The minimum absolute atomic E-state index is 0.466. The van der Waals surface area contributed by atoms with E-state index >= 15 is 0 Å². The summed E-state index contributed by atoms with van der Waals surface area (Å²) in [5.74, 6) is 0. The van der Waals surface area contributed by atoms with Crippen LogP contribution < -0.4 is 0 Å². The highest BCUT2D eigenvalue weighted by Crippen LogP contribution is 2.18. The Kier molecular flexibility index (Phi) is 5.57. The minimum atomic E-state index is -3.32. The third-order valence-corrected chi connectivity index (χ3v) is 5.62. The molecule has 1 aliphatic rings. The van der Waals surface area contributed by atoms with Crippen LogP contribution in [0.1, 0.15) is 38.2 Å². The van der Waals surface area contributed by atoms with E-state index in [0.717, 1.165) is 31.2 Å². The summed E-state index contributed by atoms with van der Waals surface area (Å²) in [5, 5.41) is 0. The molecule has 5 heteroatoms. The first-order valence-corrected chi connectivity index (χ1v) is 8.83. The van der Waals surface area contributed by atoms with Gasteiger partial charge in [-0.25, -0.2) is 0 Å². The molecule has 2 rings (SSSR count). The molecule has 1 aromatic carbocycles. The molecule has 112 valence electrons. The zero-order valence-electron chi connectivity index (χ0n) is 12.2. The Morgan fingerprint density at radius 3 is 2.35 bits per heavy atom. The van der Waals surface area contributed by atoms with E-state index in [1.807, 2.05) is 37.3 Å². The Hall–Kier alpha value is -0.910. The summed E-state index contributed by atoms with van der Waals surface area (Å²) in [6.07, 6.45) is 3.92. The van der Waals surface area contributed by atoms with Gasteiger partial charge in [-0.1, -0.05) is 43.7 Å². The molecule has 1 fully saturated rings. The van der Waals surface area contributed by atoms with Crippen LogP contribution in [0.25, 0.3) is 0 Å². The van der Waals surface area contributed by atoms with Crippen LogP contribution in [0, 0.1) is 0 Å². The summed E-state index contributed by atoms with van der Waals surface area (Å²) in [5.41, 5.74) is 1.04. The lowest BCUT2D eigenvalue weighted by molar-refractivity contribution is 0.299. The number of nitrogens with zero attached hydrogens (tertiary/aromatic N) is 2. The molecular weight excluding hydrogens is 272 g/mol. The topological polar surface area (TPSA) is 40.6 Å². The molecule has 1 saturated heterocycles. The predicted molar refractivity (Wildman–Crippen MR) is 81.5 cm³/mol. The fourth-order valence-corrected chi connectivity index (χ4v) is 4.34. The van der Waals surface area contributed by atoms with Gasteiger partial charge in [-0.05, 0) is 24.8 Å². The first kappa shape index (κ1) is 15.5. The second-order valence-electron chi connectivity index (χ2n) is 5.29. The van der Waals surface area contributed by atoms with Crippen molar-refractivity contribution in [3.63, 3.8) is 0 Å². The summed E-state index contributed by atoms with van der Waals surface area (Å²) in [6.45, 7) is 4.39. The lowest BCUT2D eigenvalue weighted by atomic mass is 10.2. The van der Waals surface area contributed by atoms with Gasteiger partial charge in [-0.3, -0.25) is 0 Å². The maximum atomic E-state index is 12.7. The zero-order chi connectivity index (χ0) is 14.4. The van der Waals surface area contributed by atoms with E-state index in [9.17, 15) is 8.42 Å². The Bertz CT molecular complexity index is 496. The minimum Gasteiger partial charge on any atom is -0.195 e. The second-order valence-corrected chi connectivity index (χ2v) is 7.22. The fraction of sp³-hybridized carbons (Fsp3) is 0.600. The fourth-order valence-electron chi connectivity index (χ4n) is 2.57. The average molecular weight is 296 g/mol. The number of benzene rings is 1. The molecule has 0 unspecified atom stereocenters. The Morgan fingerprint density at radius 1 is 1.10 bits per heavy atom. The van der Waals surface area contributed by atoms with Crippen molar-refractivity contribution in [2.75, 3.05) is 19.6 Å². The molecule has 0 bridgehead atoms. The van der Waals surface area contributed by atoms with Crippen LogP contribution in [0.3, 0.4) is 0 Å². The van der Waals surface area contributed by atoms with E-state index in [2.05, 4.69) is 0 Å². The lowest BCUT2D eigenvalue weighted by Crippen LogP contribution is -2.45. The monoisotopic (exact) mass is 296 g/mol. The molecule has 20 heavy (non-hydrogen) atoms. The van der Waals surface area contributed by atoms with Gasteiger partial charge in [0.25, 0.3) is 10.2 Å². The summed E-state index contributed by atoms with van der Waals surface area (Å²) < 4.78 is 28.7. The number of piperidine rings is 1. The van der Waals surface area contributed by atoms with E-state index in [0.29, 0.717) is 26.2 Å². The van der Waals surface area contributed by atoms with Crippen LogP contribution in [0.5, 0.6) is 0 Å². The summed E-state index contributed by atoms with van der Waals surface area (Å²) >= 11 is 0. The smallest absolute Gasteiger partial charge is 0.195 e. The Labute approximate surface area is 122 Å². The lowest BCUT2D eigenvalue weighted by Gasteiger charge is -2.32. The maximum Gasteiger partial charge on any atom is 0.282 e. The first-order valence-electron chi connectivity index (χ1n) is 7.43. The van der Waals surface area contributed by atoms with Gasteiger partial charge in [0.1, 0.15) is 0 Å². The summed E-state index contributed by atoms with van der Waals surface area (Å²) in [6, 6.07) is 9.81. The van der Waals surface area contributed by atoms with Crippen molar-refractivity contribution in [3.8, 4) is 0 Å². The van der Waals surface area contributed by atoms with Crippen LogP contribution in [-0.4, -0.2) is 36.7 Å². The highest BCUT2D eigenvalue weighted by Gasteiger charge is 2.30. The number of rotatable bonds is 6. The van der Waals surface area contributed by atoms with Gasteiger partial charge in [0.15, 0.2) is 0 Å². The Morgan fingerprint density at radius 2 is 1.75 bits per heavy atom. The molecule has 0 aliphatic carbocycles. The van der Waals surface area contributed by atoms with Crippen LogP contribution >= 0.6 is 0 Å². The molecule has 0 radical (unpaired) electrons. The third kappa shape index (κ3) is 3.81. The van der Waals surface area contributed by atoms with E-state index in [1.165, 1.54) is 0 Å². The zero-order valence-corrected chi connectivity index (χ0v) is 13.0. The van der Waals surface area contributed by atoms with Crippen molar-refractivity contribution < 1.29 is 8.42 Å². The van der Waals surface area contributed by atoms with Crippen molar-refractivity contribution in [2.45, 2.75) is 39.2 Å². The van der Waals surface area contributed by atoms with Crippen molar-refractivity contribution >= 4 is 10.2 Å². The molecule has 0 N–H and O–H groups in total. The van der Waals surface area contributed by atoms with Gasteiger partial charge < -0.3 is 0 Å². The number of hydrogen-bond donors (Lipinski definition) is 0. The van der Waals surface area contributed by atoms with E-state index in [4.69, 9.17) is 0 Å². The van der Waals surface area contributed by atoms with Gasteiger partial charge in [-0.15, -0.1) is 0 Å². The third-order valence-electron chi connectivity index (χ3n) is 3.64. The van der Waals surface area contributed by atoms with E-state index in [1.54, 1.807) is 8.61 Å². The van der Waals surface area contributed by atoms with Crippen molar-refractivity contribution in [2.24, 2.45) is 0 Å². The molecule has 1 aliphatic heterocycles. The highest BCUT2D eigenvalue weighted by atomic mass is 32.2. The predicted octanol–water partition coefficient (Wildman–Crippen LogP) is 2.63. The standard InChI is InChI=1S/C15H24N2O2S/c1-2-11-17(14-15-9-5-3-6-10-15)20(18,19)16-12-7-4-8-13-16/h3,5-6,9-10H,2,4,7-8,11-14H2,1H3. The van der Waals surface area contributed by atoms with Crippen LogP contribution in [0.15, 0.2) is 30.3 Å². The molecular formula is C15H24N2O2S. The van der Waals surface area contributed by atoms with Gasteiger partial charge in [0.2, 0.25) is 0 Å². The normalized spacial score (nSPS) is 17.5. The molecule has 0 amide bonds. The number of hydrogen-bond acceptors (Lipinski definition) is 2. The maximum absolute atomic E-state index is 12.7. The van der Waals surface area contributed by atoms with Crippen molar-refractivity contribution in [3.05, 3.63) is 35.9 Å². The van der Waals surface area contributed by atoms with Crippen LogP contribution in [0.2, 0.25) is 0 Å². The molecule has 1 aromatic rings. The van der Waals surface area contributed by atoms with E-state index in [-0.39, 0.29) is 0 Å². The summed E-state index contributed by atoms with van der Waals surface area (Å²) in [4.78, 5) is 0.